The van der Waals surface area contributed by atoms with Crippen molar-refractivity contribution in [3.63, 3.8) is 0 Å². The number of nitrogens with one attached hydrogen (secondary N) is 1. The molecule has 1 aliphatic heterocycles. The summed E-state index contributed by atoms with van der Waals surface area (Å²) in [5, 5.41) is 5.77. The molecule has 0 aromatic heterocycles. The number of hydrogen-bond donors (Lipinski definition) is 2. The van der Waals surface area contributed by atoms with Crippen LogP contribution in [0.4, 0.5) is 0 Å². The molecule has 0 fully saturated rings. The van der Waals surface area contributed by atoms with Gasteiger partial charge in [0.1, 0.15) is 0 Å². The van der Waals surface area contributed by atoms with Gasteiger partial charge in [-0.15, -0.1) is 0 Å². The molecule has 3 nitrogen and oxygen atoms in total. The highest BCUT2D eigenvalue weighted by molar-refractivity contribution is 6.35. The number of halogens is 1. The molecule has 0 saturated carbocycles. The van der Waals surface area contributed by atoms with Gasteiger partial charge in [-0.25, -0.2) is 0 Å². The van der Waals surface area contributed by atoms with Gasteiger partial charge >= 0.3 is 0 Å². The molecule has 10 heavy (non-hydrogen) atoms. The first-order valence-corrected chi connectivity index (χ1v) is 3.08. The van der Waals surface area contributed by atoms with Crippen molar-refractivity contribution in [2.45, 2.75) is 5.06 Å². The highest BCUT2D eigenvalue weighted by atomic mass is 35.5. The minimum Gasteiger partial charge on any atom is -0.468 e. The summed E-state index contributed by atoms with van der Waals surface area (Å²) in [6.07, 6.45) is 6.26. The molecule has 1 atom stereocenters. The third-order valence-corrected chi connectivity index (χ3v) is 1.53. The Kier molecular flexibility index (Phi) is 1.68. The van der Waals surface area contributed by atoms with Crippen LogP contribution in [0.2, 0.25) is 0 Å². The zero-order valence-corrected chi connectivity index (χ0v) is 5.93. The van der Waals surface area contributed by atoms with Crippen molar-refractivity contribution in [3.8, 4) is 0 Å². The molecule has 3 N–H and O–H groups in total. The van der Waals surface area contributed by atoms with E-state index < -0.39 is 5.06 Å². The van der Waals surface area contributed by atoms with Crippen molar-refractivity contribution in [1.82, 2.24) is 0 Å². The summed E-state index contributed by atoms with van der Waals surface area (Å²) in [4.78, 5) is 0. The van der Waals surface area contributed by atoms with Crippen LogP contribution >= 0.6 is 11.6 Å². The van der Waals surface area contributed by atoms with E-state index in [2.05, 4.69) is 0 Å². The highest BCUT2D eigenvalue weighted by Crippen LogP contribution is 2.21. The molecule has 54 valence electrons. The Hall–Kier alpha value is -0.960. The maximum atomic E-state index is 7.02. The van der Waals surface area contributed by atoms with Crippen molar-refractivity contribution in [3.05, 3.63) is 24.5 Å². The van der Waals surface area contributed by atoms with Crippen LogP contribution < -0.4 is 5.73 Å². The molecule has 0 radical (unpaired) electrons. The van der Waals surface area contributed by atoms with E-state index in [1.165, 1.54) is 12.3 Å². The van der Waals surface area contributed by atoms with Gasteiger partial charge in [-0.2, -0.15) is 0 Å². The Bertz CT molecular complexity index is 212. The lowest BCUT2D eigenvalue weighted by molar-refractivity contribution is 0.202. The Labute approximate surface area is 63.6 Å². The molecule has 0 aromatic carbocycles. The topological polar surface area (TPSA) is 59.1 Å². The van der Waals surface area contributed by atoms with Gasteiger partial charge in [0.05, 0.1) is 6.26 Å². The molecule has 0 amide bonds. The number of hydrogen-bond acceptors (Lipinski definition) is 2. The molecule has 0 saturated heterocycles. The zero-order chi connectivity index (χ0) is 7.61. The maximum absolute atomic E-state index is 7.02. The van der Waals surface area contributed by atoms with Gasteiger partial charge in [-0.1, -0.05) is 17.7 Å². The van der Waals surface area contributed by atoms with Crippen LogP contribution in [-0.2, 0) is 4.74 Å². The van der Waals surface area contributed by atoms with Crippen molar-refractivity contribution in [2.24, 2.45) is 5.73 Å². The van der Waals surface area contributed by atoms with Gasteiger partial charge < -0.3 is 10.5 Å². The van der Waals surface area contributed by atoms with E-state index in [1.807, 2.05) is 0 Å². The van der Waals surface area contributed by atoms with Crippen LogP contribution in [0.3, 0.4) is 0 Å². The normalized spacial score (nSPS) is 29.7. The molecule has 4 heteroatoms. The second kappa shape index (κ2) is 2.34. The van der Waals surface area contributed by atoms with Crippen LogP contribution in [0.1, 0.15) is 0 Å². The summed E-state index contributed by atoms with van der Waals surface area (Å²) < 4.78 is 4.88. The van der Waals surface area contributed by atoms with Crippen LogP contribution in [0.5, 0.6) is 0 Å². The molecule has 1 aliphatic rings. The second-order valence-corrected chi connectivity index (χ2v) is 2.43. The SMILES string of the molecule is N=C(N)C1(Cl)C=CC=CO1. The van der Waals surface area contributed by atoms with Gasteiger partial charge in [-0.3, -0.25) is 5.41 Å². The number of allylic oxidation sites excluding steroid dienone is 2. The van der Waals surface area contributed by atoms with E-state index in [4.69, 9.17) is 27.5 Å². The maximum Gasteiger partial charge on any atom is 0.257 e. The summed E-state index contributed by atoms with van der Waals surface area (Å²) in [7, 11) is 0. The van der Waals surface area contributed by atoms with Gasteiger partial charge in [-0.05, 0) is 12.2 Å². The molecule has 0 aliphatic carbocycles. The van der Waals surface area contributed by atoms with Crippen molar-refractivity contribution >= 4 is 17.4 Å². The molecule has 1 unspecified atom stereocenters. The lowest BCUT2D eigenvalue weighted by atomic mass is 10.2. The summed E-state index contributed by atoms with van der Waals surface area (Å²) in [6.45, 7) is 0. The van der Waals surface area contributed by atoms with Crippen LogP contribution in [0, 0.1) is 5.41 Å². The Morgan fingerprint density at radius 3 is 2.60 bits per heavy atom. The van der Waals surface area contributed by atoms with Gasteiger partial charge in [0, 0.05) is 0 Å². The van der Waals surface area contributed by atoms with Crippen molar-refractivity contribution in [2.75, 3.05) is 0 Å². The van der Waals surface area contributed by atoms with Crippen LogP contribution in [0.15, 0.2) is 24.5 Å². The fraction of sp³-hybridized carbons (Fsp3) is 0.167. The molecule has 1 heterocycles. The molecule has 0 bridgehead atoms. The predicted molar refractivity (Wildman–Crippen MR) is 39.9 cm³/mol. The average molecular weight is 159 g/mol. The van der Waals surface area contributed by atoms with E-state index in [0.29, 0.717) is 0 Å². The minimum absolute atomic E-state index is 0.213. The first kappa shape index (κ1) is 7.15. The van der Waals surface area contributed by atoms with E-state index in [0.717, 1.165) is 0 Å². The van der Waals surface area contributed by atoms with E-state index >= 15 is 0 Å². The zero-order valence-electron chi connectivity index (χ0n) is 5.17. The van der Waals surface area contributed by atoms with Crippen LogP contribution in [-0.4, -0.2) is 10.9 Å². The molecular formula is C6H7ClN2O. The lowest BCUT2D eigenvalue weighted by Crippen LogP contribution is -2.38. The lowest BCUT2D eigenvalue weighted by Gasteiger charge is -2.22. The fourth-order valence-electron chi connectivity index (χ4n) is 0.556. The number of rotatable bonds is 1. The molecule has 1 rings (SSSR count). The molecular weight excluding hydrogens is 152 g/mol. The monoisotopic (exact) mass is 158 g/mol. The first-order chi connectivity index (χ1) is 4.65. The van der Waals surface area contributed by atoms with Crippen LogP contribution in [0.25, 0.3) is 0 Å². The minimum atomic E-state index is -1.26. The largest absolute Gasteiger partial charge is 0.468 e. The number of alkyl halides is 1. The van der Waals surface area contributed by atoms with E-state index in [-0.39, 0.29) is 5.84 Å². The van der Waals surface area contributed by atoms with Gasteiger partial charge in [0.25, 0.3) is 5.06 Å². The Morgan fingerprint density at radius 2 is 2.30 bits per heavy atom. The van der Waals surface area contributed by atoms with E-state index in [9.17, 15) is 0 Å². The van der Waals surface area contributed by atoms with Gasteiger partial charge in [0.2, 0.25) is 0 Å². The quantitative estimate of drug-likeness (QED) is 0.339. The summed E-state index contributed by atoms with van der Waals surface area (Å²) in [5.74, 6) is -0.213. The highest BCUT2D eigenvalue weighted by Gasteiger charge is 2.29. The fourth-order valence-corrected chi connectivity index (χ4v) is 0.680. The number of amidine groups is 1. The number of ether oxygens (including phenoxy) is 1. The summed E-state index contributed by atoms with van der Waals surface area (Å²) >= 11 is 5.70. The molecule has 0 spiro atoms. The summed E-state index contributed by atoms with van der Waals surface area (Å²) in [6, 6.07) is 0. The van der Waals surface area contributed by atoms with Crippen molar-refractivity contribution < 1.29 is 4.74 Å². The molecule has 0 aromatic rings. The predicted octanol–water partition coefficient (Wildman–Crippen LogP) is 0.958. The average Bonchev–Trinajstić information content (AvgIpc) is 1.89. The second-order valence-electron chi connectivity index (χ2n) is 1.86. The smallest absolute Gasteiger partial charge is 0.257 e. The first-order valence-electron chi connectivity index (χ1n) is 2.71. The van der Waals surface area contributed by atoms with Crippen molar-refractivity contribution in [1.29, 1.82) is 5.41 Å². The standard InChI is InChI=1S/C6H7ClN2O/c7-6(5(8)9)3-1-2-4-10-6/h1-4H,(H3,8,9). The van der Waals surface area contributed by atoms with E-state index in [1.54, 1.807) is 12.2 Å². The summed E-state index contributed by atoms with van der Waals surface area (Å²) in [5.41, 5.74) is 5.14. The third-order valence-electron chi connectivity index (χ3n) is 1.11. The third kappa shape index (κ3) is 1.14. The van der Waals surface area contributed by atoms with Gasteiger partial charge in [0.15, 0.2) is 5.84 Å². The Morgan fingerprint density at radius 1 is 1.60 bits per heavy atom. The Balaban J connectivity index is 2.80. The number of nitrogens with two attached hydrogens (primary N) is 1.